The third-order valence-corrected chi connectivity index (χ3v) is 5.08. The summed E-state index contributed by atoms with van der Waals surface area (Å²) in [4.78, 5) is 41.8. The summed E-state index contributed by atoms with van der Waals surface area (Å²) in [7, 11) is 3.86. The summed E-state index contributed by atoms with van der Waals surface area (Å²) in [6, 6.07) is 12.6. The second kappa shape index (κ2) is 9.52. The lowest BCUT2D eigenvalue weighted by atomic mass is 10.1. The highest BCUT2D eigenvalue weighted by atomic mass is 16.2. The van der Waals surface area contributed by atoms with Crippen molar-refractivity contribution in [1.82, 2.24) is 19.7 Å². The summed E-state index contributed by atoms with van der Waals surface area (Å²) in [6.07, 6.45) is 3.55. The molecular formula is C22H28N4O3. The summed E-state index contributed by atoms with van der Waals surface area (Å²) < 4.78 is 1.32. The van der Waals surface area contributed by atoms with Gasteiger partial charge in [-0.25, -0.2) is 0 Å². The van der Waals surface area contributed by atoms with Gasteiger partial charge in [-0.15, -0.1) is 0 Å². The van der Waals surface area contributed by atoms with E-state index >= 15 is 0 Å². The second-order valence-electron chi connectivity index (χ2n) is 7.64. The first kappa shape index (κ1) is 20.8. The average molecular weight is 396 g/mol. The van der Waals surface area contributed by atoms with Crippen LogP contribution in [0, 0.1) is 0 Å². The van der Waals surface area contributed by atoms with E-state index in [1.54, 1.807) is 17.2 Å². The molecule has 1 aromatic carbocycles. The highest BCUT2D eigenvalue weighted by Gasteiger charge is 2.21. The maximum atomic E-state index is 12.9. The van der Waals surface area contributed by atoms with Crippen LogP contribution in [0.3, 0.4) is 0 Å². The van der Waals surface area contributed by atoms with Crippen LogP contribution in [0.1, 0.15) is 34.8 Å². The first-order valence-corrected chi connectivity index (χ1v) is 9.93. The fraction of sp³-hybridized carbons (Fsp3) is 0.409. The number of benzene rings is 1. The molecule has 1 N–H and O–H groups in total. The molecule has 1 unspecified atom stereocenters. The van der Waals surface area contributed by atoms with Crippen molar-refractivity contribution < 1.29 is 9.59 Å². The van der Waals surface area contributed by atoms with Crippen molar-refractivity contribution in [2.75, 3.05) is 33.7 Å². The van der Waals surface area contributed by atoms with Gasteiger partial charge in [0.15, 0.2) is 0 Å². The van der Waals surface area contributed by atoms with Gasteiger partial charge < -0.3 is 19.7 Å². The van der Waals surface area contributed by atoms with E-state index < -0.39 is 11.5 Å². The van der Waals surface area contributed by atoms with E-state index in [0.717, 1.165) is 31.5 Å². The van der Waals surface area contributed by atoms with Crippen LogP contribution in [0.4, 0.5) is 0 Å². The predicted molar refractivity (Wildman–Crippen MR) is 112 cm³/mol. The molecule has 1 atom stereocenters. The Morgan fingerprint density at radius 3 is 2.41 bits per heavy atom. The van der Waals surface area contributed by atoms with Crippen LogP contribution in [0.25, 0.3) is 0 Å². The van der Waals surface area contributed by atoms with Gasteiger partial charge >= 0.3 is 0 Å². The number of rotatable bonds is 7. The molecule has 1 aromatic heterocycles. The largest absolute Gasteiger partial charge is 0.344 e. The zero-order valence-electron chi connectivity index (χ0n) is 17.0. The molecule has 3 rings (SSSR count). The first-order chi connectivity index (χ1) is 14.0. The molecule has 1 fully saturated rings. The standard InChI is InChI=1S/C22H28N4O3/c1-24(2)15-19(17-9-4-3-5-10-17)23-21(28)18-11-8-14-26(22(18)29)16-20(27)25-12-6-7-13-25/h3-5,8-11,14,19H,6-7,12-13,15-16H2,1-2H3,(H,23,28). The number of hydrogen-bond acceptors (Lipinski definition) is 4. The van der Waals surface area contributed by atoms with Gasteiger partial charge in [0.2, 0.25) is 5.91 Å². The lowest BCUT2D eigenvalue weighted by Crippen LogP contribution is -2.40. The quantitative estimate of drug-likeness (QED) is 0.770. The van der Waals surface area contributed by atoms with E-state index in [0.29, 0.717) is 6.54 Å². The van der Waals surface area contributed by atoms with Crippen molar-refractivity contribution in [1.29, 1.82) is 0 Å². The molecule has 2 heterocycles. The molecule has 1 aliphatic heterocycles. The van der Waals surface area contributed by atoms with Gasteiger partial charge in [0.25, 0.3) is 11.5 Å². The zero-order chi connectivity index (χ0) is 20.8. The highest BCUT2D eigenvalue weighted by molar-refractivity contribution is 5.94. The first-order valence-electron chi connectivity index (χ1n) is 9.93. The number of carbonyl (C=O) groups excluding carboxylic acids is 2. The van der Waals surface area contributed by atoms with Crippen LogP contribution in [0.5, 0.6) is 0 Å². The van der Waals surface area contributed by atoms with Crippen molar-refractivity contribution >= 4 is 11.8 Å². The Kier molecular flexibility index (Phi) is 6.82. The minimum atomic E-state index is -0.450. The van der Waals surface area contributed by atoms with E-state index in [1.807, 2.05) is 49.3 Å². The van der Waals surface area contributed by atoms with Gasteiger partial charge in [-0.05, 0) is 44.6 Å². The van der Waals surface area contributed by atoms with Crippen molar-refractivity contribution in [3.63, 3.8) is 0 Å². The van der Waals surface area contributed by atoms with Gasteiger partial charge in [-0.1, -0.05) is 30.3 Å². The molecule has 0 aliphatic carbocycles. The molecule has 0 saturated carbocycles. The molecular weight excluding hydrogens is 368 g/mol. The molecule has 0 bridgehead atoms. The maximum absolute atomic E-state index is 12.9. The number of nitrogens with zero attached hydrogens (tertiary/aromatic N) is 3. The van der Waals surface area contributed by atoms with Crippen LogP contribution in [-0.2, 0) is 11.3 Å². The Hall–Kier alpha value is -2.93. The minimum Gasteiger partial charge on any atom is -0.344 e. The fourth-order valence-corrected chi connectivity index (χ4v) is 3.57. The lowest BCUT2D eigenvalue weighted by molar-refractivity contribution is -0.130. The number of likely N-dealkylation sites (N-methyl/N-ethyl adjacent to an activating group) is 1. The molecule has 7 nitrogen and oxygen atoms in total. The van der Waals surface area contributed by atoms with Crippen molar-refractivity contribution in [2.45, 2.75) is 25.4 Å². The molecule has 7 heteroatoms. The molecule has 0 spiro atoms. The van der Waals surface area contributed by atoms with E-state index in [2.05, 4.69) is 5.32 Å². The normalized spacial score (nSPS) is 14.8. The van der Waals surface area contributed by atoms with Gasteiger partial charge in [-0.2, -0.15) is 0 Å². The summed E-state index contributed by atoms with van der Waals surface area (Å²) >= 11 is 0. The Balaban J connectivity index is 1.77. The van der Waals surface area contributed by atoms with E-state index in [9.17, 15) is 14.4 Å². The van der Waals surface area contributed by atoms with Gasteiger partial charge in [0, 0.05) is 25.8 Å². The molecule has 0 radical (unpaired) electrons. The third kappa shape index (κ3) is 5.32. The predicted octanol–water partition coefficient (Wildman–Crippen LogP) is 1.50. The lowest BCUT2D eigenvalue weighted by Gasteiger charge is -2.23. The minimum absolute atomic E-state index is 0.0419. The number of nitrogens with one attached hydrogen (secondary N) is 1. The molecule has 154 valence electrons. The number of pyridine rings is 1. The second-order valence-corrected chi connectivity index (χ2v) is 7.64. The highest BCUT2D eigenvalue weighted by Crippen LogP contribution is 2.14. The Morgan fingerprint density at radius 1 is 1.07 bits per heavy atom. The number of hydrogen-bond donors (Lipinski definition) is 1. The van der Waals surface area contributed by atoms with Gasteiger partial charge in [0.05, 0.1) is 6.04 Å². The van der Waals surface area contributed by atoms with Crippen molar-refractivity contribution in [3.8, 4) is 0 Å². The summed E-state index contributed by atoms with van der Waals surface area (Å²) in [5, 5.41) is 2.97. The Bertz CT molecular complexity index is 902. The zero-order valence-corrected chi connectivity index (χ0v) is 17.0. The summed E-state index contributed by atoms with van der Waals surface area (Å²) in [6.45, 7) is 2.03. The van der Waals surface area contributed by atoms with E-state index in [-0.39, 0.29) is 24.1 Å². The van der Waals surface area contributed by atoms with Crippen LogP contribution >= 0.6 is 0 Å². The molecule has 2 aromatic rings. The molecule has 2 amide bonds. The number of likely N-dealkylation sites (tertiary alicyclic amines) is 1. The SMILES string of the molecule is CN(C)CC(NC(=O)c1cccn(CC(=O)N2CCCC2)c1=O)c1ccccc1. The maximum Gasteiger partial charge on any atom is 0.263 e. The molecule has 1 aliphatic rings. The van der Waals surface area contributed by atoms with Crippen LogP contribution in [0.15, 0.2) is 53.5 Å². The molecule has 1 saturated heterocycles. The average Bonchev–Trinajstić information content (AvgIpc) is 3.24. The van der Waals surface area contributed by atoms with Crippen LogP contribution < -0.4 is 10.9 Å². The van der Waals surface area contributed by atoms with Gasteiger partial charge in [0.1, 0.15) is 12.1 Å². The van der Waals surface area contributed by atoms with Crippen LogP contribution in [0.2, 0.25) is 0 Å². The smallest absolute Gasteiger partial charge is 0.263 e. The van der Waals surface area contributed by atoms with Crippen LogP contribution in [-0.4, -0.2) is 59.9 Å². The number of amides is 2. The Labute approximate surface area is 170 Å². The summed E-state index contributed by atoms with van der Waals surface area (Å²) in [5.41, 5.74) is 0.561. The van der Waals surface area contributed by atoms with E-state index in [4.69, 9.17) is 0 Å². The number of aromatic nitrogens is 1. The fourth-order valence-electron chi connectivity index (χ4n) is 3.57. The third-order valence-electron chi connectivity index (χ3n) is 5.08. The monoisotopic (exact) mass is 396 g/mol. The topological polar surface area (TPSA) is 74.7 Å². The summed E-state index contributed by atoms with van der Waals surface area (Å²) in [5.74, 6) is -0.523. The van der Waals surface area contributed by atoms with E-state index in [1.165, 1.54) is 10.6 Å². The Morgan fingerprint density at radius 2 is 1.76 bits per heavy atom. The van der Waals surface area contributed by atoms with Crippen molar-refractivity contribution in [3.05, 3.63) is 70.1 Å². The van der Waals surface area contributed by atoms with Crippen molar-refractivity contribution in [2.24, 2.45) is 0 Å². The van der Waals surface area contributed by atoms with Gasteiger partial charge in [-0.3, -0.25) is 14.4 Å². The molecule has 29 heavy (non-hydrogen) atoms. The number of carbonyl (C=O) groups is 2.